The highest BCUT2D eigenvalue weighted by molar-refractivity contribution is 5.86. The summed E-state index contributed by atoms with van der Waals surface area (Å²) in [6.45, 7) is 3.27. The van der Waals surface area contributed by atoms with Crippen molar-refractivity contribution in [1.29, 1.82) is 0 Å². The maximum absolute atomic E-state index is 11.9. The summed E-state index contributed by atoms with van der Waals surface area (Å²) < 4.78 is 11.4. The van der Waals surface area contributed by atoms with Gasteiger partial charge in [-0.1, -0.05) is 35.9 Å². The number of methoxy groups -OCH3 is 1. The van der Waals surface area contributed by atoms with Crippen molar-refractivity contribution in [3.63, 3.8) is 0 Å². The Kier molecular flexibility index (Phi) is 6.19. The summed E-state index contributed by atoms with van der Waals surface area (Å²) in [5.74, 6) is -0.304. The van der Waals surface area contributed by atoms with Gasteiger partial charge in [0.05, 0.1) is 13.0 Å². The van der Waals surface area contributed by atoms with Crippen molar-refractivity contribution >= 4 is 11.9 Å². The van der Waals surface area contributed by atoms with Gasteiger partial charge in [-0.15, -0.1) is 0 Å². The van der Waals surface area contributed by atoms with E-state index in [1.54, 1.807) is 12.0 Å². The van der Waals surface area contributed by atoms with Gasteiger partial charge in [-0.3, -0.25) is 9.59 Å². The number of carbonyl (C=O) groups is 2. The summed E-state index contributed by atoms with van der Waals surface area (Å²) in [5.41, 5.74) is 3.28. The molecule has 0 aromatic heterocycles. The molecule has 0 spiro atoms. The molecule has 0 bridgehead atoms. The van der Waals surface area contributed by atoms with Crippen molar-refractivity contribution in [2.45, 2.75) is 26.4 Å². The summed E-state index contributed by atoms with van der Waals surface area (Å²) in [5, 5.41) is 9.07. The Balaban J connectivity index is 1.60. The SMILES string of the molecule is COc1cc(CCN2CC(C(=O)O)CC2=O)ccc1OCc1cccc(C)c1. The molecule has 1 atom stereocenters. The van der Waals surface area contributed by atoms with Gasteiger partial charge in [0.25, 0.3) is 0 Å². The number of carboxylic acids is 1. The smallest absolute Gasteiger partial charge is 0.308 e. The van der Waals surface area contributed by atoms with Crippen molar-refractivity contribution in [1.82, 2.24) is 4.90 Å². The fraction of sp³-hybridized carbons (Fsp3) is 0.364. The third-order valence-corrected chi connectivity index (χ3v) is 4.94. The van der Waals surface area contributed by atoms with Crippen LogP contribution in [0.2, 0.25) is 0 Å². The first-order chi connectivity index (χ1) is 13.5. The van der Waals surface area contributed by atoms with Crippen LogP contribution in [0.5, 0.6) is 11.5 Å². The second-order valence-electron chi connectivity index (χ2n) is 7.09. The molecule has 0 saturated carbocycles. The minimum absolute atomic E-state index is 0.0877. The molecular formula is C22H25NO5. The Bertz CT molecular complexity index is 864. The van der Waals surface area contributed by atoms with Gasteiger partial charge in [-0.25, -0.2) is 0 Å². The van der Waals surface area contributed by atoms with Crippen LogP contribution in [0.25, 0.3) is 0 Å². The summed E-state index contributed by atoms with van der Waals surface area (Å²) >= 11 is 0. The van der Waals surface area contributed by atoms with Crippen molar-refractivity contribution < 1.29 is 24.2 Å². The monoisotopic (exact) mass is 383 g/mol. The van der Waals surface area contributed by atoms with E-state index in [-0.39, 0.29) is 18.9 Å². The molecule has 1 aliphatic heterocycles. The number of carboxylic acid groups (broad SMARTS) is 1. The second-order valence-corrected chi connectivity index (χ2v) is 7.09. The van der Waals surface area contributed by atoms with Crippen LogP contribution in [-0.2, 0) is 22.6 Å². The third kappa shape index (κ3) is 4.82. The lowest BCUT2D eigenvalue weighted by atomic mass is 10.1. The van der Waals surface area contributed by atoms with Gasteiger partial charge < -0.3 is 19.5 Å². The van der Waals surface area contributed by atoms with Gasteiger partial charge in [0.2, 0.25) is 5.91 Å². The molecule has 6 heteroatoms. The zero-order chi connectivity index (χ0) is 20.1. The van der Waals surface area contributed by atoms with E-state index in [1.165, 1.54) is 5.56 Å². The molecule has 1 unspecified atom stereocenters. The highest BCUT2D eigenvalue weighted by atomic mass is 16.5. The zero-order valence-corrected chi connectivity index (χ0v) is 16.2. The molecule has 6 nitrogen and oxygen atoms in total. The van der Waals surface area contributed by atoms with Crippen molar-refractivity contribution in [2.24, 2.45) is 5.92 Å². The molecular weight excluding hydrogens is 358 g/mol. The molecule has 1 amide bonds. The van der Waals surface area contributed by atoms with Crippen LogP contribution in [0.1, 0.15) is 23.1 Å². The summed E-state index contributed by atoms with van der Waals surface area (Å²) in [6, 6.07) is 13.9. The van der Waals surface area contributed by atoms with Crippen LogP contribution in [0, 0.1) is 12.8 Å². The number of nitrogens with zero attached hydrogens (tertiary/aromatic N) is 1. The molecule has 1 saturated heterocycles. The van der Waals surface area contributed by atoms with Gasteiger partial charge in [0.1, 0.15) is 6.61 Å². The first-order valence-electron chi connectivity index (χ1n) is 9.32. The highest BCUT2D eigenvalue weighted by Crippen LogP contribution is 2.29. The molecule has 0 aliphatic carbocycles. The number of carbonyl (C=O) groups excluding carboxylic acids is 1. The van der Waals surface area contributed by atoms with Crippen molar-refractivity contribution in [2.75, 3.05) is 20.2 Å². The molecule has 1 aliphatic rings. The quantitative estimate of drug-likeness (QED) is 0.758. The predicted molar refractivity (Wildman–Crippen MR) is 105 cm³/mol. The Hall–Kier alpha value is -3.02. The number of hydrogen-bond acceptors (Lipinski definition) is 4. The molecule has 1 fully saturated rings. The number of likely N-dealkylation sites (tertiary alicyclic amines) is 1. The number of aryl methyl sites for hydroxylation is 1. The van der Waals surface area contributed by atoms with Gasteiger partial charge in [-0.2, -0.15) is 0 Å². The predicted octanol–water partition coefficient (Wildman–Crippen LogP) is 3.06. The van der Waals surface area contributed by atoms with E-state index in [4.69, 9.17) is 14.6 Å². The van der Waals surface area contributed by atoms with Crippen molar-refractivity contribution in [3.8, 4) is 11.5 Å². The number of aliphatic carboxylic acids is 1. The van der Waals surface area contributed by atoms with E-state index in [0.717, 1.165) is 11.1 Å². The van der Waals surface area contributed by atoms with Crippen LogP contribution in [-0.4, -0.2) is 42.1 Å². The minimum Gasteiger partial charge on any atom is -0.493 e. The topological polar surface area (TPSA) is 76.1 Å². The fourth-order valence-corrected chi connectivity index (χ4v) is 3.37. The second kappa shape index (κ2) is 8.78. The van der Waals surface area contributed by atoms with Crippen molar-refractivity contribution in [3.05, 3.63) is 59.2 Å². The van der Waals surface area contributed by atoms with Gasteiger partial charge in [0.15, 0.2) is 11.5 Å². The van der Waals surface area contributed by atoms with Gasteiger partial charge in [-0.05, 0) is 36.6 Å². The fourth-order valence-electron chi connectivity index (χ4n) is 3.37. The maximum atomic E-state index is 11.9. The molecule has 2 aromatic carbocycles. The molecule has 2 aromatic rings. The normalized spacial score (nSPS) is 16.3. The Morgan fingerprint density at radius 1 is 1.18 bits per heavy atom. The number of hydrogen-bond donors (Lipinski definition) is 1. The molecule has 0 radical (unpaired) electrons. The standard InChI is InChI=1S/C22H25NO5/c1-15-4-3-5-17(10-15)14-28-19-7-6-16(11-20(19)27-2)8-9-23-13-18(22(25)26)12-21(23)24/h3-7,10-11,18H,8-9,12-14H2,1-2H3,(H,25,26). The average molecular weight is 383 g/mol. The molecule has 28 heavy (non-hydrogen) atoms. The molecule has 3 rings (SSSR count). The van der Waals surface area contributed by atoms with Gasteiger partial charge in [0, 0.05) is 19.5 Å². The van der Waals surface area contributed by atoms with Crippen LogP contribution in [0.4, 0.5) is 0 Å². The summed E-state index contributed by atoms with van der Waals surface area (Å²) in [7, 11) is 1.60. The van der Waals surface area contributed by atoms with E-state index in [9.17, 15) is 9.59 Å². The van der Waals surface area contributed by atoms with Gasteiger partial charge >= 0.3 is 5.97 Å². The summed E-state index contributed by atoms with van der Waals surface area (Å²) in [4.78, 5) is 24.6. The number of benzene rings is 2. The lowest BCUT2D eigenvalue weighted by Crippen LogP contribution is -2.28. The molecule has 1 heterocycles. The van der Waals surface area contributed by atoms with Crippen LogP contribution < -0.4 is 9.47 Å². The van der Waals surface area contributed by atoms with Crippen LogP contribution in [0.15, 0.2) is 42.5 Å². The van der Waals surface area contributed by atoms with E-state index >= 15 is 0 Å². The Labute approximate surface area is 164 Å². The van der Waals surface area contributed by atoms with Crippen LogP contribution in [0.3, 0.4) is 0 Å². The Morgan fingerprint density at radius 3 is 2.68 bits per heavy atom. The lowest BCUT2D eigenvalue weighted by Gasteiger charge is -2.17. The largest absolute Gasteiger partial charge is 0.493 e. The molecule has 1 N–H and O–H groups in total. The number of amides is 1. The van der Waals surface area contributed by atoms with Crippen LogP contribution >= 0.6 is 0 Å². The number of ether oxygens (including phenoxy) is 2. The van der Waals surface area contributed by atoms with E-state index in [1.807, 2.05) is 43.3 Å². The minimum atomic E-state index is -0.910. The first kappa shape index (κ1) is 19.7. The van der Waals surface area contributed by atoms with E-state index < -0.39 is 11.9 Å². The average Bonchev–Trinajstić information content (AvgIpc) is 3.06. The maximum Gasteiger partial charge on any atom is 0.308 e. The molecule has 148 valence electrons. The number of rotatable bonds is 8. The Morgan fingerprint density at radius 2 is 2.00 bits per heavy atom. The third-order valence-electron chi connectivity index (χ3n) is 4.94. The van der Waals surface area contributed by atoms with E-state index in [2.05, 4.69) is 6.07 Å². The first-order valence-corrected chi connectivity index (χ1v) is 9.32. The van der Waals surface area contributed by atoms with E-state index in [0.29, 0.717) is 31.1 Å². The summed E-state index contributed by atoms with van der Waals surface area (Å²) in [6.07, 6.45) is 0.719. The highest BCUT2D eigenvalue weighted by Gasteiger charge is 2.33. The zero-order valence-electron chi connectivity index (χ0n) is 16.2. The lowest BCUT2D eigenvalue weighted by molar-refractivity contribution is -0.141.